The molecule has 0 bridgehead atoms. The van der Waals surface area contributed by atoms with Crippen molar-refractivity contribution in [3.63, 3.8) is 0 Å². The van der Waals surface area contributed by atoms with Gasteiger partial charge in [0.15, 0.2) is 5.69 Å². The third-order valence-corrected chi connectivity index (χ3v) is 2.20. The zero-order valence-corrected chi connectivity index (χ0v) is 8.55. The minimum absolute atomic E-state index is 0.0611. The van der Waals surface area contributed by atoms with E-state index in [1.807, 2.05) is 30.3 Å². The van der Waals surface area contributed by atoms with E-state index in [0.29, 0.717) is 10.4 Å². The summed E-state index contributed by atoms with van der Waals surface area (Å²) in [5.41, 5.74) is 1.40. The van der Waals surface area contributed by atoms with Crippen molar-refractivity contribution in [2.75, 3.05) is 0 Å². The summed E-state index contributed by atoms with van der Waals surface area (Å²) in [7, 11) is 0. The van der Waals surface area contributed by atoms with Crippen LogP contribution in [0.3, 0.4) is 0 Å². The number of benzene rings is 1. The molecule has 1 heterocycles. The highest BCUT2D eigenvalue weighted by atomic mass is 35.5. The molecule has 76 valence electrons. The molecule has 0 radical (unpaired) electrons. The minimum atomic E-state index is 0.0611. The minimum Gasteiger partial charge on any atom is -0.711 e. The van der Waals surface area contributed by atoms with Gasteiger partial charge in [-0.15, -0.1) is 11.6 Å². The van der Waals surface area contributed by atoms with Gasteiger partial charge >= 0.3 is 5.82 Å². The molecule has 2 aromatic rings. The zero-order chi connectivity index (χ0) is 10.7. The SMILES string of the molecule is [O-][n+]1cc(-c2ccccc2)nnc1CCl. The lowest BCUT2D eigenvalue weighted by atomic mass is 10.2. The van der Waals surface area contributed by atoms with Crippen LogP contribution in [0.15, 0.2) is 36.5 Å². The molecule has 0 saturated heterocycles. The number of rotatable bonds is 2. The molecule has 0 aliphatic heterocycles. The summed E-state index contributed by atoms with van der Waals surface area (Å²) in [4.78, 5) is 0. The smallest absolute Gasteiger partial charge is 0.344 e. The van der Waals surface area contributed by atoms with Crippen LogP contribution in [-0.4, -0.2) is 10.2 Å². The molecule has 0 unspecified atom stereocenters. The van der Waals surface area contributed by atoms with E-state index in [0.717, 1.165) is 5.56 Å². The first-order valence-corrected chi connectivity index (χ1v) is 4.92. The van der Waals surface area contributed by atoms with Crippen LogP contribution >= 0.6 is 11.6 Å². The van der Waals surface area contributed by atoms with Crippen molar-refractivity contribution in [1.29, 1.82) is 0 Å². The fourth-order valence-corrected chi connectivity index (χ4v) is 1.37. The molecule has 0 aliphatic carbocycles. The number of hydrogen-bond donors (Lipinski definition) is 0. The van der Waals surface area contributed by atoms with Gasteiger partial charge in [0.05, 0.1) is 5.10 Å². The summed E-state index contributed by atoms with van der Waals surface area (Å²) in [6.07, 6.45) is 1.38. The average molecular weight is 222 g/mol. The maximum atomic E-state index is 11.4. The Morgan fingerprint density at radius 2 is 1.93 bits per heavy atom. The Morgan fingerprint density at radius 3 is 2.53 bits per heavy atom. The second-order valence-corrected chi connectivity index (χ2v) is 3.22. The van der Waals surface area contributed by atoms with Gasteiger partial charge in [0, 0.05) is 5.56 Å². The van der Waals surface area contributed by atoms with Gasteiger partial charge in [0.2, 0.25) is 0 Å². The highest BCUT2D eigenvalue weighted by molar-refractivity contribution is 6.16. The molecule has 0 saturated carbocycles. The third-order valence-electron chi connectivity index (χ3n) is 1.96. The van der Waals surface area contributed by atoms with Crippen LogP contribution in [0.5, 0.6) is 0 Å². The summed E-state index contributed by atoms with van der Waals surface area (Å²) in [5, 5.41) is 19.0. The Labute approximate surface area is 91.7 Å². The van der Waals surface area contributed by atoms with Gasteiger partial charge in [-0.25, -0.2) is 4.73 Å². The second-order valence-electron chi connectivity index (χ2n) is 2.96. The Bertz CT molecular complexity index is 461. The molecule has 5 heteroatoms. The van der Waals surface area contributed by atoms with Gasteiger partial charge in [-0.05, 0) is 5.10 Å². The Balaban J connectivity index is 2.43. The normalized spacial score (nSPS) is 10.2. The van der Waals surface area contributed by atoms with Crippen molar-refractivity contribution in [1.82, 2.24) is 10.2 Å². The average Bonchev–Trinajstić information content (AvgIpc) is 2.30. The van der Waals surface area contributed by atoms with Crippen molar-refractivity contribution in [2.45, 2.75) is 5.88 Å². The predicted octanol–water partition coefficient (Wildman–Crippen LogP) is 1.52. The van der Waals surface area contributed by atoms with Crippen LogP contribution < -0.4 is 4.73 Å². The van der Waals surface area contributed by atoms with Crippen molar-refractivity contribution >= 4 is 11.6 Å². The predicted molar refractivity (Wildman–Crippen MR) is 56.0 cm³/mol. The first-order valence-electron chi connectivity index (χ1n) is 4.38. The highest BCUT2D eigenvalue weighted by Crippen LogP contribution is 2.13. The summed E-state index contributed by atoms with van der Waals surface area (Å²) in [5.74, 6) is 0.266. The third kappa shape index (κ3) is 2.05. The molecule has 0 amide bonds. The summed E-state index contributed by atoms with van der Waals surface area (Å²) in [6.45, 7) is 0. The van der Waals surface area contributed by atoms with Crippen molar-refractivity contribution in [3.05, 3.63) is 47.6 Å². The van der Waals surface area contributed by atoms with Crippen molar-refractivity contribution in [2.24, 2.45) is 0 Å². The first-order chi connectivity index (χ1) is 7.31. The molecule has 4 nitrogen and oxygen atoms in total. The molecule has 2 rings (SSSR count). The van der Waals surface area contributed by atoms with E-state index in [1.54, 1.807) is 0 Å². The summed E-state index contributed by atoms with van der Waals surface area (Å²) < 4.78 is 0.641. The van der Waals surface area contributed by atoms with Crippen LogP contribution in [0.1, 0.15) is 5.82 Å². The molecule has 0 N–H and O–H groups in total. The van der Waals surface area contributed by atoms with Gasteiger partial charge in [-0.3, -0.25) is 0 Å². The molecule has 0 spiro atoms. The number of halogens is 1. The number of alkyl halides is 1. The monoisotopic (exact) mass is 221 g/mol. The van der Waals surface area contributed by atoms with Gasteiger partial charge in [0.25, 0.3) is 0 Å². The molecule has 1 aromatic heterocycles. The molecule has 1 aromatic carbocycles. The lowest BCUT2D eigenvalue weighted by Crippen LogP contribution is -2.33. The fraction of sp³-hybridized carbons (Fsp3) is 0.100. The van der Waals surface area contributed by atoms with Crippen molar-refractivity contribution in [3.8, 4) is 11.3 Å². The van der Waals surface area contributed by atoms with Crippen molar-refractivity contribution < 1.29 is 4.73 Å². The van der Waals surface area contributed by atoms with Crippen LogP contribution in [0, 0.1) is 5.21 Å². The van der Waals surface area contributed by atoms with Gasteiger partial charge in [-0.2, -0.15) is 0 Å². The van der Waals surface area contributed by atoms with Gasteiger partial charge < -0.3 is 5.21 Å². The Morgan fingerprint density at radius 1 is 1.20 bits per heavy atom. The van der Waals surface area contributed by atoms with Crippen LogP contribution in [0.25, 0.3) is 11.3 Å². The fourth-order valence-electron chi connectivity index (χ4n) is 1.19. The maximum Gasteiger partial charge on any atom is 0.344 e. The Kier molecular flexibility index (Phi) is 2.78. The van der Waals surface area contributed by atoms with E-state index in [1.165, 1.54) is 6.20 Å². The van der Waals surface area contributed by atoms with Crippen LogP contribution in [-0.2, 0) is 5.88 Å². The maximum absolute atomic E-state index is 11.4. The van der Waals surface area contributed by atoms with E-state index in [2.05, 4.69) is 10.2 Å². The first kappa shape index (κ1) is 9.86. The standard InChI is InChI=1S/C10H8ClN3O/c11-6-10-13-12-9(7-14(10)15)8-4-2-1-3-5-8/h1-5,7H,6H2. The Hall–Kier alpha value is -1.68. The molecular formula is C10H8ClN3O. The van der Waals surface area contributed by atoms with Gasteiger partial charge in [0.1, 0.15) is 12.1 Å². The van der Waals surface area contributed by atoms with Crippen LogP contribution in [0.2, 0.25) is 0 Å². The molecule has 0 atom stereocenters. The van der Waals surface area contributed by atoms with E-state index < -0.39 is 0 Å². The largest absolute Gasteiger partial charge is 0.711 e. The second kappa shape index (κ2) is 4.23. The number of hydrogen-bond acceptors (Lipinski definition) is 3. The molecular weight excluding hydrogens is 214 g/mol. The number of aromatic nitrogens is 3. The highest BCUT2D eigenvalue weighted by Gasteiger charge is 2.10. The lowest BCUT2D eigenvalue weighted by molar-refractivity contribution is -0.616. The molecule has 0 fully saturated rings. The summed E-state index contributed by atoms with van der Waals surface area (Å²) >= 11 is 5.51. The van der Waals surface area contributed by atoms with E-state index in [-0.39, 0.29) is 11.7 Å². The van der Waals surface area contributed by atoms with E-state index in [4.69, 9.17) is 11.6 Å². The van der Waals surface area contributed by atoms with Crippen LogP contribution in [0.4, 0.5) is 0 Å². The molecule has 15 heavy (non-hydrogen) atoms. The lowest BCUT2D eigenvalue weighted by Gasteiger charge is -2.04. The van der Waals surface area contributed by atoms with E-state index in [9.17, 15) is 5.21 Å². The molecule has 0 aliphatic rings. The quantitative estimate of drug-likeness (QED) is 0.439. The van der Waals surface area contributed by atoms with E-state index >= 15 is 0 Å². The summed E-state index contributed by atoms with van der Waals surface area (Å²) in [6, 6.07) is 9.38. The zero-order valence-electron chi connectivity index (χ0n) is 7.80. The number of nitrogens with zero attached hydrogens (tertiary/aromatic N) is 3. The topological polar surface area (TPSA) is 52.7 Å². The van der Waals surface area contributed by atoms with Gasteiger partial charge in [-0.1, -0.05) is 30.3 Å².